The van der Waals surface area contributed by atoms with Crippen LogP contribution in [0.1, 0.15) is 38.3 Å². The third-order valence-corrected chi connectivity index (χ3v) is 4.38. The average molecular weight is 247 g/mol. The average Bonchev–Trinajstić information content (AvgIpc) is 2.39. The van der Waals surface area contributed by atoms with Gasteiger partial charge in [-0.15, -0.1) is 0 Å². The monoisotopic (exact) mass is 247 g/mol. The van der Waals surface area contributed by atoms with Gasteiger partial charge in [-0.3, -0.25) is 9.88 Å². The number of nitrogens with two attached hydrogens (primary N) is 1. The summed E-state index contributed by atoms with van der Waals surface area (Å²) in [6, 6.07) is 6.10. The maximum atomic E-state index is 6.09. The summed E-state index contributed by atoms with van der Waals surface area (Å²) in [6.45, 7) is 3.99. The van der Waals surface area contributed by atoms with Crippen LogP contribution in [0, 0.1) is 5.92 Å². The molecule has 2 N–H and O–H groups in total. The van der Waals surface area contributed by atoms with E-state index in [1.807, 2.05) is 12.3 Å². The van der Waals surface area contributed by atoms with Crippen molar-refractivity contribution in [2.75, 3.05) is 13.6 Å². The summed E-state index contributed by atoms with van der Waals surface area (Å²) in [7, 11) is 2.19. The Morgan fingerprint density at radius 3 is 2.94 bits per heavy atom. The fourth-order valence-electron chi connectivity index (χ4n) is 3.22. The second-order valence-corrected chi connectivity index (χ2v) is 5.81. The molecule has 1 aliphatic rings. The first-order valence-electron chi connectivity index (χ1n) is 6.97. The topological polar surface area (TPSA) is 42.1 Å². The molecule has 0 aliphatic heterocycles. The Morgan fingerprint density at radius 1 is 1.50 bits per heavy atom. The van der Waals surface area contributed by atoms with Crippen LogP contribution in [0.15, 0.2) is 24.4 Å². The molecule has 0 amide bonds. The SMILES string of the molecule is CC1CCCC(CN)(N(C)Cc2ccccn2)C1. The molecule has 2 atom stereocenters. The third kappa shape index (κ3) is 2.90. The molecule has 1 fully saturated rings. The van der Waals surface area contributed by atoms with Gasteiger partial charge in [0.25, 0.3) is 0 Å². The molecule has 3 heteroatoms. The van der Waals surface area contributed by atoms with Gasteiger partial charge in [-0.05, 0) is 37.9 Å². The zero-order valence-corrected chi connectivity index (χ0v) is 11.6. The van der Waals surface area contributed by atoms with Crippen molar-refractivity contribution in [2.24, 2.45) is 11.7 Å². The van der Waals surface area contributed by atoms with E-state index in [4.69, 9.17) is 5.73 Å². The summed E-state index contributed by atoms with van der Waals surface area (Å²) < 4.78 is 0. The lowest BCUT2D eigenvalue weighted by atomic mass is 9.75. The molecule has 1 aromatic heterocycles. The number of nitrogens with zero attached hydrogens (tertiary/aromatic N) is 2. The number of hydrogen-bond acceptors (Lipinski definition) is 3. The van der Waals surface area contributed by atoms with Gasteiger partial charge in [-0.1, -0.05) is 25.8 Å². The summed E-state index contributed by atoms with van der Waals surface area (Å²) in [5.74, 6) is 0.786. The van der Waals surface area contributed by atoms with Crippen LogP contribution < -0.4 is 5.73 Å². The van der Waals surface area contributed by atoms with Gasteiger partial charge < -0.3 is 5.73 Å². The normalized spacial score (nSPS) is 28.6. The van der Waals surface area contributed by atoms with Crippen LogP contribution in [0.5, 0.6) is 0 Å². The zero-order valence-electron chi connectivity index (χ0n) is 11.6. The minimum atomic E-state index is 0.176. The van der Waals surface area contributed by atoms with Crippen molar-refractivity contribution in [1.82, 2.24) is 9.88 Å². The summed E-state index contributed by atoms with van der Waals surface area (Å²) in [6.07, 6.45) is 6.94. The molecule has 1 aliphatic carbocycles. The van der Waals surface area contributed by atoms with E-state index in [0.717, 1.165) is 24.7 Å². The predicted molar refractivity (Wildman–Crippen MR) is 75.1 cm³/mol. The smallest absolute Gasteiger partial charge is 0.0544 e. The second-order valence-electron chi connectivity index (χ2n) is 5.81. The van der Waals surface area contributed by atoms with Crippen molar-refractivity contribution in [3.8, 4) is 0 Å². The van der Waals surface area contributed by atoms with Gasteiger partial charge >= 0.3 is 0 Å². The highest BCUT2D eigenvalue weighted by atomic mass is 15.2. The highest BCUT2D eigenvalue weighted by Crippen LogP contribution is 2.36. The predicted octanol–water partition coefficient (Wildman–Crippen LogP) is 2.42. The maximum absolute atomic E-state index is 6.09. The van der Waals surface area contributed by atoms with E-state index >= 15 is 0 Å². The lowest BCUT2D eigenvalue weighted by molar-refractivity contribution is 0.0545. The van der Waals surface area contributed by atoms with E-state index in [1.54, 1.807) is 0 Å². The molecule has 0 saturated heterocycles. The van der Waals surface area contributed by atoms with Crippen molar-refractivity contribution in [3.05, 3.63) is 30.1 Å². The molecular weight excluding hydrogens is 222 g/mol. The van der Waals surface area contributed by atoms with Crippen LogP contribution in [-0.4, -0.2) is 29.0 Å². The Labute approximate surface area is 110 Å². The first-order valence-corrected chi connectivity index (χ1v) is 6.97. The van der Waals surface area contributed by atoms with E-state index in [1.165, 1.54) is 25.7 Å². The van der Waals surface area contributed by atoms with E-state index in [0.29, 0.717) is 0 Å². The minimum absolute atomic E-state index is 0.176. The molecule has 0 radical (unpaired) electrons. The Bertz CT molecular complexity index is 365. The van der Waals surface area contributed by atoms with Crippen LogP contribution in [0.25, 0.3) is 0 Å². The maximum Gasteiger partial charge on any atom is 0.0544 e. The Kier molecular flexibility index (Phi) is 4.36. The quantitative estimate of drug-likeness (QED) is 0.888. The Morgan fingerprint density at radius 2 is 2.33 bits per heavy atom. The summed E-state index contributed by atoms with van der Waals surface area (Å²) in [5, 5.41) is 0. The molecule has 0 aromatic carbocycles. The number of pyridine rings is 1. The highest BCUT2D eigenvalue weighted by Gasteiger charge is 2.37. The van der Waals surface area contributed by atoms with Crippen LogP contribution in [0.4, 0.5) is 0 Å². The largest absolute Gasteiger partial charge is 0.329 e. The molecule has 1 aromatic rings. The van der Waals surface area contributed by atoms with E-state index < -0.39 is 0 Å². The van der Waals surface area contributed by atoms with Gasteiger partial charge in [-0.2, -0.15) is 0 Å². The molecule has 1 saturated carbocycles. The summed E-state index contributed by atoms with van der Waals surface area (Å²) in [4.78, 5) is 6.84. The van der Waals surface area contributed by atoms with E-state index in [-0.39, 0.29) is 5.54 Å². The van der Waals surface area contributed by atoms with Crippen LogP contribution in [0.3, 0.4) is 0 Å². The minimum Gasteiger partial charge on any atom is -0.329 e. The molecule has 18 heavy (non-hydrogen) atoms. The first-order chi connectivity index (χ1) is 8.66. The first kappa shape index (κ1) is 13.5. The van der Waals surface area contributed by atoms with Crippen LogP contribution in [-0.2, 0) is 6.54 Å². The Balaban J connectivity index is 2.07. The van der Waals surface area contributed by atoms with Gasteiger partial charge in [0, 0.05) is 24.8 Å². The van der Waals surface area contributed by atoms with E-state index in [2.05, 4.69) is 36.0 Å². The summed E-state index contributed by atoms with van der Waals surface area (Å²) >= 11 is 0. The van der Waals surface area contributed by atoms with Gasteiger partial charge in [0.15, 0.2) is 0 Å². The molecule has 0 spiro atoms. The van der Waals surface area contributed by atoms with Crippen LogP contribution in [0.2, 0.25) is 0 Å². The lowest BCUT2D eigenvalue weighted by Gasteiger charge is -2.46. The number of aromatic nitrogens is 1. The van der Waals surface area contributed by atoms with Gasteiger partial charge in [0.1, 0.15) is 0 Å². The molecule has 100 valence electrons. The van der Waals surface area contributed by atoms with Crippen molar-refractivity contribution >= 4 is 0 Å². The molecule has 2 unspecified atom stereocenters. The van der Waals surface area contributed by atoms with E-state index in [9.17, 15) is 0 Å². The lowest BCUT2D eigenvalue weighted by Crippen LogP contribution is -2.54. The number of rotatable bonds is 4. The van der Waals surface area contributed by atoms with Crippen molar-refractivity contribution in [2.45, 2.75) is 44.7 Å². The summed E-state index contributed by atoms with van der Waals surface area (Å²) in [5.41, 5.74) is 7.40. The molecular formula is C15H25N3. The fourth-order valence-corrected chi connectivity index (χ4v) is 3.22. The second kappa shape index (κ2) is 5.81. The van der Waals surface area contributed by atoms with Crippen LogP contribution >= 0.6 is 0 Å². The van der Waals surface area contributed by atoms with Gasteiger partial charge in [0.05, 0.1) is 5.69 Å². The molecule has 0 bridgehead atoms. The third-order valence-electron chi connectivity index (χ3n) is 4.38. The van der Waals surface area contributed by atoms with Crippen molar-refractivity contribution in [1.29, 1.82) is 0 Å². The Hall–Kier alpha value is -0.930. The number of hydrogen-bond donors (Lipinski definition) is 1. The number of likely N-dealkylation sites (N-methyl/N-ethyl adjacent to an activating group) is 1. The standard InChI is InChI=1S/C15H25N3/c1-13-6-5-8-15(10-13,12-16)18(2)11-14-7-3-4-9-17-14/h3-4,7,9,13H,5-6,8,10-12,16H2,1-2H3. The van der Waals surface area contributed by atoms with Crippen molar-refractivity contribution in [3.63, 3.8) is 0 Å². The van der Waals surface area contributed by atoms with Gasteiger partial charge in [0.2, 0.25) is 0 Å². The van der Waals surface area contributed by atoms with Crippen molar-refractivity contribution < 1.29 is 0 Å². The fraction of sp³-hybridized carbons (Fsp3) is 0.667. The van der Waals surface area contributed by atoms with Gasteiger partial charge in [-0.25, -0.2) is 0 Å². The highest BCUT2D eigenvalue weighted by molar-refractivity contribution is 5.05. The molecule has 2 rings (SSSR count). The molecule has 1 heterocycles. The molecule has 3 nitrogen and oxygen atoms in total. The zero-order chi connectivity index (χ0) is 13.0.